The van der Waals surface area contributed by atoms with Gasteiger partial charge in [0.05, 0.1) is 29.5 Å². The number of benzene rings is 1. The molecular weight excluding hydrogens is 362 g/mol. The lowest BCUT2D eigenvalue weighted by Crippen LogP contribution is -2.27. The van der Waals surface area contributed by atoms with E-state index >= 15 is 0 Å². The van der Waals surface area contributed by atoms with E-state index in [9.17, 15) is 4.79 Å². The smallest absolute Gasteiger partial charge is 0.251 e. The molecule has 0 spiro atoms. The maximum Gasteiger partial charge on any atom is 0.251 e. The highest BCUT2D eigenvalue weighted by molar-refractivity contribution is 7.11. The molecule has 140 valence electrons. The molecule has 2 heterocycles. The van der Waals surface area contributed by atoms with E-state index in [0.29, 0.717) is 17.1 Å². The van der Waals surface area contributed by atoms with Crippen LogP contribution in [-0.4, -0.2) is 28.0 Å². The van der Waals surface area contributed by atoms with E-state index in [-0.39, 0.29) is 17.9 Å². The lowest BCUT2D eigenvalue weighted by molar-refractivity contribution is 0.0939. The summed E-state index contributed by atoms with van der Waals surface area (Å²) in [6.45, 7) is 5.91. The molecule has 1 aromatic carbocycles. The number of nitrogens with zero attached hydrogens (tertiary/aromatic N) is 3. The summed E-state index contributed by atoms with van der Waals surface area (Å²) in [5.41, 5.74) is 8.62. The highest BCUT2D eigenvalue weighted by Crippen LogP contribution is 2.24. The van der Waals surface area contributed by atoms with Crippen molar-refractivity contribution in [3.63, 3.8) is 0 Å². The van der Waals surface area contributed by atoms with Gasteiger partial charge in [0.15, 0.2) is 0 Å². The Morgan fingerprint density at radius 3 is 2.48 bits per heavy atom. The van der Waals surface area contributed by atoms with E-state index in [0.717, 1.165) is 21.1 Å². The quantitative estimate of drug-likeness (QED) is 0.701. The predicted molar refractivity (Wildman–Crippen MR) is 106 cm³/mol. The minimum atomic E-state index is -0.159. The number of carbonyl (C=O) groups excluding carboxylic acids is 1. The van der Waals surface area contributed by atoms with Crippen molar-refractivity contribution in [2.24, 2.45) is 0 Å². The molecular formula is C19H21N5O2S. The summed E-state index contributed by atoms with van der Waals surface area (Å²) >= 11 is 1.63. The molecule has 3 rings (SSSR count). The third kappa shape index (κ3) is 4.22. The van der Waals surface area contributed by atoms with E-state index in [1.807, 2.05) is 32.9 Å². The summed E-state index contributed by atoms with van der Waals surface area (Å²) in [5, 5.41) is 3.99. The van der Waals surface area contributed by atoms with E-state index in [2.05, 4.69) is 20.3 Å². The van der Waals surface area contributed by atoms with Gasteiger partial charge in [0.25, 0.3) is 5.91 Å². The predicted octanol–water partition coefficient (Wildman–Crippen LogP) is 3.30. The molecule has 0 saturated carbocycles. The molecule has 0 bridgehead atoms. The number of nitrogen functional groups attached to an aromatic ring is 1. The summed E-state index contributed by atoms with van der Waals surface area (Å²) in [6, 6.07) is 8.68. The van der Waals surface area contributed by atoms with Gasteiger partial charge in [-0.15, -0.1) is 11.3 Å². The number of aromatic nitrogens is 3. The highest BCUT2D eigenvalue weighted by atomic mass is 32.1. The monoisotopic (exact) mass is 383 g/mol. The summed E-state index contributed by atoms with van der Waals surface area (Å²) in [4.78, 5) is 26.3. The molecule has 0 aliphatic carbocycles. The van der Waals surface area contributed by atoms with Crippen LogP contribution in [0, 0.1) is 13.8 Å². The van der Waals surface area contributed by atoms with Crippen LogP contribution in [0.4, 0.5) is 5.95 Å². The number of aryl methyl sites for hydroxylation is 2. The molecule has 2 aromatic heterocycles. The minimum absolute atomic E-state index is 0.133. The first-order chi connectivity index (χ1) is 12.9. The Morgan fingerprint density at radius 1 is 1.19 bits per heavy atom. The summed E-state index contributed by atoms with van der Waals surface area (Å²) in [5.74, 6) is 0.370. The van der Waals surface area contributed by atoms with Crippen LogP contribution in [0.2, 0.25) is 0 Å². The number of hydrogen-bond donors (Lipinski definition) is 2. The number of ether oxygens (including phenoxy) is 1. The summed E-state index contributed by atoms with van der Waals surface area (Å²) in [7, 11) is 1.52. The number of anilines is 1. The van der Waals surface area contributed by atoms with E-state index in [1.54, 1.807) is 29.5 Å². The number of methoxy groups -OCH3 is 1. The number of rotatable bonds is 5. The molecule has 0 unspecified atom stereocenters. The van der Waals surface area contributed by atoms with Crippen LogP contribution in [-0.2, 0) is 0 Å². The Labute approximate surface area is 161 Å². The average molecular weight is 383 g/mol. The molecule has 7 nitrogen and oxygen atoms in total. The van der Waals surface area contributed by atoms with Crippen molar-refractivity contribution >= 4 is 23.2 Å². The van der Waals surface area contributed by atoms with Gasteiger partial charge in [0.1, 0.15) is 0 Å². The molecule has 3 N–H and O–H groups in total. The lowest BCUT2D eigenvalue weighted by atomic mass is 10.1. The maximum absolute atomic E-state index is 12.5. The number of carbonyl (C=O) groups is 1. The molecule has 1 amide bonds. The Morgan fingerprint density at radius 2 is 1.89 bits per heavy atom. The van der Waals surface area contributed by atoms with Crippen LogP contribution >= 0.6 is 11.3 Å². The van der Waals surface area contributed by atoms with Crippen molar-refractivity contribution in [2.45, 2.75) is 26.8 Å². The third-order valence-corrected chi connectivity index (χ3v) is 4.97. The number of thiazole rings is 1. The fourth-order valence-electron chi connectivity index (χ4n) is 2.78. The Balaban J connectivity index is 1.76. The summed E-state index contributed by atoms with van der Waals surface area (Å²) < 4.78 is 5.12. The molecule has 0 fully saturated rings. The molecule has 27 heavy (non-hydrogen) atoms. The average Bonchev–Trinajstić information content (AvgIpc) is 2.99. The van der Waals surface area contributed by atoms with Gasteiger partial charge in [0.2, 0.25) is 11.8 Å². The van der Waals surface area contributed by atoms with Crippen molar-refractivity contribution in [1.82, 2.24) is 20.3 Å². The van der Waals surface area contributed by atoms with Gasteiger partial charge in [-0.05, 0) is 32.9 Å². The van der Waals surface area contributed by atoms with Crippen LogP contribution < -0.4 is 15.8 Å². The van der Waals surface area contributed by atoms with Gasteiger partial charge in [0, 0.05) is 22.1 Å². The van der Waals surface area contributed by atoms with Crippen molar-refractivity contribution in [3.8, 4) is 17.1 Å². The first-order valence-electron chi connectivity index (χ1n) is 8.41. The zero-order chi connectivity index (χ0) is 19.6. The largest absolute Gasteiger partial charge is 0.481 e. The van der Waals surface area contributed by atoms with E-state index < -0.39 is 0 Å². The van der Waals surface area contributed by atoms with Crippen LogP contribution in [0.5, 0.6) is 5.88 Å². The summed E-state index contributed by atoms with van der Waals surface area (Å²) in [6.07, 6.45) is 0. The third-order valence-electron chi connectivity index (χ3n) is 4.07. The first-order valence-corrected chi connectivity index (χ1v) is 9.22. The number of nitrogens with two attached hydrogens (primary N) is 1. The second-order valence-electron chi connectivity index (χ2n) is 6.10. The second kappa shape index (κ2) is 7.71. The van der Waals surface area contributed by atoms with Gasteiger partial charge < -0.3 is 15.8 Å². The van der Waals surface area contributed by atoms with Crippen molar-refractivity contribution in [2.75, 3.05) is 12.8 Å². The Hall–Kier alpha value is -3.00. The van der Waals surface area contributed by atoms with Crippen LogP contribution in [0.1, 0.15) is 38.9 Å². The van der Waals surface area contributed by atoms with Crippen LogP contribution in [0.15, 0.2) is 30.3 Å². The minimum Gasteiger partial charge on any atom is -0.481 e. The SMILES string of the molecule is COc1cc(-c2ccc(C(=O)N[C@@H](C)c3nc(C)sc3C)cc2)nc(N)n1. The Bertz CT molecular complexity index is 969. The van der Waals surface area contributed by atoms with E-state index in [4.69, 9.17) is 10.5 Å². The van der Waals surface area contributed by atoms with Crippen molar-refractivity contribution < 1.29 is 9.53 Å². The standard InChI is InChI=1S/C19H21N5O2S/c1-10(17-11(2)27-12(3)22-17)21-18(25)14-7-5-13(6-8-14)15-9-16(26-4)24-19(20)23-15/h5-10H,1-4H3,(H,21,25)(H2,20,23,24)/t10-/m0/s1. The van der Waals surface area contributed by atoms with Gasteiger partial charge in [-0.2, -0.15) is 4.98 Å². The molecule has 1 atom stereocenters. The van der Waals surface area contributed by atoms with Crippen LogP contribution in [0.3, 0.4) is 0 Å². The van der Waals surface area contributed by atoms with Crippen LogP contribution in [0.25, 0.3) is 11.3 Å². The van der Waals surface area contributed by atoms with Gasteiger partial charge in [-0.25, -0.2) is 9.97 Å². The van der Waals surface area contributed by atoms with Gasteiger partial charge >= 0.3 is 0 Å². The number of hydrogen-bond acceptors (Lipinski definition) is 7. The van der Waals surface area contributed by atoms with Crippen molar-refractivity contribution in [3.05, 3.63) is 51.5 Å². The van der Waals surface area contributed by atoms with Gasteiger partial charge in [-0.3, -0.25) is 4.79 Å². The van der Waals surface area contributed by atoms with Crippen molar-refractivity contribution in [1.29, 1.82) is 0 Å². The fourth-order valence-corrected chi connectivity index (χ4v) is 3.70. The van der Waals surface area contributed by atoms with Gasteiger partial charge in [-0.1, -0.05) is 12.1 Å². The maximum atomic E-state index is 12.5. The number of amides is 1. The normalized spacial score (nSPS) is 11.9. The molecule has 0 saturated heterocycles. The zero-order valence-corrected chi connectivity index (χ0v) is 16.4. The molecule has 3 aromatic rings. The second-order valence-corrected chi connectivity index (χ2v) is 7.51. The molecule has 0 aliphatic heterocycles. The molecule has 0 aliphatic rings. The highest BCUT2D eigenvalue weighted by Gasteiger charge is 2.16. The van der Waals surface area contributed by atoms with E-state index in [1.165, 1.54) is 7.11 Å². The molecule has 0 radical (unpaired) electrons. The molecule has 8 heteroatoms. The topological polar surface area (TPSA) is 103 Å². The fraction of sp³-hybridized carbons (Fsp3) is 0.263. The lowest BCUT2D eigenvalue weighted by Gasteiger charge is -2.13. The first kappa shape index (κ1) is 18.8. The number of nitrogens with one attached hydrogen (secondary N) is 1. The zero-order valence-electron chi connectivity index (χ0n) is 15.6. The Kier molecular flexibility index (Phi) is 5.36.